The molecule has 2 heterocycles. The average Bonchev–Trinajstić information content (AvgIpc) is 2.95. The lowest BCUT2D eigenvalue weighted by molar-refractivity contribution is 0.831. The summed E-state index contributed by atoms with van der Waals surface area (Å²) in [6.45, 7) is 3.11. The maximum atomic E-state index is 4.78. The number of hydrogen-bond donors (Lipinski definition) is 1. The van der Waals surface area contributed by atoms with Crippen LogP contribution in [0.15, 0.2) is 48.5 Å². The molecule has 4 rings (SSSR count). The summed E-state index contributed by atoms with van der Waals surface area (Å²) in [7, 11) is 0. The van der Waals surface area contributed by atoms with Gasteiger partial charge in [0, 0.05) is 6.54 Å². The molecule has 0 fully saturated rings. The molecule has 2 aromatic heterocycles. The van der Waals surface area contributed by atoms with Gasteiger partial charge in [-0.1, -0.05) is 37.6 Å². The van der Waals surface area contributed by atoms with Crippen molar-refractivity contribution in [1.29, 1.82) is 0 Å². The van der Waals surface area contributed by atoms with Crippen molar-refractivity contribution in [2.45, 2.75) is 19.8 Å². The van der Waals surface area contributed by atoms with E-state index in [0.717, 1.165) is 52.9 Å². The number of hydrogen-bond acceptors (Lipinski definition) is 3. The Morgan fingerprint density at radius 1 is 0.909 bits per heavy atom. The number of aromatic nitrogens is 3. The third kappa shape index (κ3) is 1.99. The topological polar surface area (TPSA) is 42.2 Å². The van der Waals surface area contributed by atoms with E-state index in [-0.39, 0.29) is 0 Å². The SMILES string of the molecule is CCCCNc1nc2ccccc2n2c1nc1ccccc12. The smallest absolute Gasteiger partial charge is 0.181 e. The van der Waals surface area contributed by atoms with Crippen LogP contribution in [0.1, 0.15) is 19.8 Å². The standard InChI is InChI=1S/C18H18N4/c1-2-3-12-19-17-18-21-14-9-5-7-11-16(14)22(18)15-10-6-4-8-13(15)20-17/h4-11H,2-3,12H2,1H3,(H,19,20). The van der Waals surface area contributed by atoms with Gasteiger partial charge >= 0.3 is 0 Å². The highest BCUT2D eigenvalue weighted by Crippen LogP contribution is 2.26. The van der Waals surface area contributed by atoms with E-state index in [9.17, 15) is 0 Å². The summed E-state index contributed by atoms with van der Waals surface area (Å²) in [5.41, 5.74) is 5.09. The van der Waals surface area contributed by atoms with Crippen molar-refractivity contribution in [1.82, 2.24) is 14.4 Å². The number of rotatable bonds is 4. The maximum Gasteiger partial charge on any atom is 0.181 e. The van der Waals surface area contributed by atoms with Crippen molar-refractivity contribution >= 4 is 33.5 Å². The van der Waals surface area contributed by atoms with Gasteiger partial charge < -0.3 is 5.32 Å². The van der Waals surface area contributed by atoms with Crippen LogP contribution in [0.5, 0.6) is 0 Å². The third-order valence-electron chi connectivity index (χ3n) is 3.95. The molecule has 2 aromatic carbocycles. The van der Waals surface area contributed by atoms with E-state index >= 15 is 0 Å². The van der Waals surface area contributed by atoms with Gasteiger partial charge in [0.2, 0.25) is 0 Å². The average molecular weight is 290 g/mol. The van der Waals surface area contributed by atoms with Crippen LogP contribution in [0.3, 0.4) is 0 Å². The molecule has 0 radical (unpaired) electrons. The van der Waals surface area contributed by atoms with E-state index in [1.807, 2.05) is 24.3 Å². The number of fused-ring (bicyclic) bond motifs is 5. The van der Waals surface area contributed by atoms with Gasteiger partial charge in [0.05, 0.1) is 22.1 Å². The first kappa shape index (κ1) is 13.1. The largest absolute Gasteiger partial charge is 0.367 e. The molecular formula is C18H18N4. The first-order valence-electron chi connectivity index (χ1n) is 7.78. The Kier molecular flexibility index (Phi) is 3.15. The van der Waals surface area contributed by atoms with E-state index in [1.165, 1.54) is 0 Å². The highest BCUT2D eigenvalue weighted by molar-refractivity contribution is 5.92. The highest BCUT2D eigenvalue weighted by atomic mass is 15.1. The number of nitrogens with one attached hydrogen (secondary N) is 1. The number of imidazole rings is 1. The fourth-order valence-corrected chi connectivity index (χ4v) is 2.85. The zero-order chi connectivity index (χ0) is 14.9. The number of benzene rings is 2. The molecule has 0 aliphatic carbocycles. The van der Waals surface area contributed by atoms with E-state index in [4.69, 9.17) is 9.97 Å². The van der Waals surface area contributed by atoms with Crippen molar-refractivity contribution in [3.63, 3.8) is 0 Å². The Morgan fingerprint density at radius 3 is 2.23 bits per heavy atom. The molecule has 4 nitrogen and oxygen atoms in total. The lowest BCUT2D eigenvalue weighted by Crippen LogP contribution is -2.06. The molecule has 0 unspecified atom stereocenters. The molecule has 22 heavy (non-hydrogen) atoms. The minimum Gasteiger partial charge on any atom is -0.367 e. The summed E-state index contributed by atoms with van der Waals surface area (Å²) in [6.07, 6.45) is 2.29. The van der Waals surface area contributed by atoms with Crippen LogP contribution < -0.4 is 5.32 Å². The molecule has 0 saturated heterocycles. The summed E-state index contributed by atoms with van der Waals surface area (Å²) >= 11 is 0. The third-order valence-corrected chi connectivity index (χ3v) is 3.95. The summed E-state index contributed by atoms with van der Waals surface area (Å²) in [6, 6.07) is 16.4. The zero-order valence-corrected chi connectivity index (χ0v) is 12.6. The second kappa shape index (κ2) is 5.30. The van der Waals surface area contributed by atoms with Crippen LogP contribution in [0.25, 0.3) is 27.7 Å². The van der Waals surface area contributed by atoms with Gasteiger partial charge in [-0.3, -0.25) is 4.40 Å². The van der Waals surface area contributed by atoms with Crippen molar-refractivity contribution in [3.8, 4) is 0 Å². The van der Waals surface area contributed by atoms with Crippen LogP contribution in [-0.2, 0) is 0 Å². The fraction of sp³-hybridized carbons (Fsp3) is 0.222. The van der Waals surface area contributed by atoms with Crippen LogP contribution in [-0.4, -0.2) is 20.9 Å². The Bertz CT molecular complexity index is 955. The number of unbranched alkanes of at least 4 members (excludes halogenated alkanes) is 1. The summed E-state index contributed by atoms with van der Waals surface area (Å²) in [4.78, 5) is 9.56. The van der Waals surface area contributed by atoms with E-state index in [1.54, 1.807) is 0 Å². The first-order chi connectivity index (χ1) is 10.9. The Hall–Kier alpha value is -2.62. The molecule has 110 valence electrons. The summed E-state index contributed by atoms with van der Waals surface area (Å²) in [5, 5.41) is 3.45. The molecule has 0 aliphatic rings. The first-order valence-corrected chi connectivity index (χ1v) is 7.78. The normalized spacial score (nSPS) is 11.5. The lowest BCUT2D eigenvalue weighted by atomic mass is 10.2. The molecule has 0 amide bonds. The zero-order valence-electron chi connectivity index (χ0n) is 12.6. The van der Waals surface area contributed by atoms with Crippen molar-refractivity contribution in [3.05, 3.63) is 48.5 Å². The minimum atomic E-state index is 0.864. The van der Waals surface area contributed by atoms with Gasteiger partial charge in [-0.05, 0) is 30.7 Å². The summed E-state index contributed by atoms with van der Waals surface area (Å²) < 4.78 is 2.20. The molecule has 0 atom stereocenters. The molecule has 0 spiro atoms. The van der Waals surface area contributed by atoms with Gasteiger partial charge in [-0.2, -0.15) is 0 Å². The Labute approximate surface area is 128 Å². The van der Waals surface area contributed by atoms with Crippen molar-refractivity contribution in [2.75, 3.05) is 11.9 Å². The van der Waals surface area contributed by atoms with Gasteiger partial charge in [0.1, 0.15) is 0 Å². The van der Waals surface area contributed by atoms with Crippen LogP contribution in [0, 0.1) is 0 Å². The molecule has 4 heteroatoms. The second-order valence-corrected chi connectivity index (χ2v) is 5.49. The van der Waals surface area contributed by atoms with E-state index in [2.05, 4.69) is 40.9 Å². The van der Waals surface area contributed by atoms with Gasteiger partial charge in [-0.25, -0.2) is 9.97 Å². The summed E-state index contributed by atoms with van der Waals surface area (Å²) in [5.74, 6) is 0.864. The molecular weight excluding hydrogens is 272 g/mol. The van der Waals surface area contributed by atoms with E-state index < -0.39 is 0 Å². The highest BCUT2D eigenvalue weighted by Gasteiger charge is 2.13. The van der Waals surface area contributed by atoms with Gasteiger partial charge in [0.25, 0.3) is 0 Å². The molecule has 0 aliphatic heterocycles. The molecule has 0 saturated carbocycles. The van der Waals surface area contributed by atoms with E-state index in [0.29, 0.717) is 0 Å². The molecule has 4 aromatic rings. The molecule has 1 N–H and O–H groups in total. The van der Waals surface area contributed by atoms with Crippen LogP contribution in [0.4, 0.5) is 5.82 Å². The predicted molar refractivity (Wildman–Crippen MR) is 91.4 cm³/mol. The van der Waals surface area contributed by atoms with Crippen LogP contribution >= 0.6 is 0 Å². The van der Waals surface area contributed by atoms with Crippen molar-refractivity contribution in [2.24, 2.45) is 0 Å². The predicted octanol–water partition coefficient (Wildman–Crippen LogP) is 4.25. The number of nitrogens with zero attached hydrogens (tertiary/aromatic N) is 3. The monoisotopic (exact) mass is 290 g/mol. The van der Waals surface area contributed by atoms with Gasteiger partial charge in [-0.15, -0.1) is 0 Å². The Morgan fingerprint density at radius 2 is 1.55 bits per heavy atom. The number of para-hydroxylation sites is 4. The lowest BCUT2D eigenvalue weighted by Gasteiger charge is -2.09. The Balaban J connectivity index is 2.05. The maximum absolute atomic E-state index is 4.78. The molecule has 0 bridgehead atoms. The minimum absolute atomic E-state index is 0.864. The number of anilines is 1. The quantitative estimate of drug-likeness (QED) is 0.571. The van der Waals surface area contributed by atoms with Crippen molar-refractivity contribution < 1.29 is 0 Å². The second-order valence-electron chi connectivity index (χ2n) is 5.49. The fourth-order valence-electron chi connectivity index (χ4n) is 2.85. The van der Waals surface area contributed by atoms with Crippen LogP contribution in [0.2, 0.25) is 0 Å². The van der Waals surface area contributed by atoms with Gasteiger partial charge in [0.15, 0.2) is 11.5 Å².